The summed E-state index contributed by atoms with van der Waals surface area (Å²) in [5.74, 6) is -5.43. The highest BCUT2D eigenvalue weighted by molar-refractivity contribution is 7.22. The maximum absolute atomic E-state index is 15.1. The highest BCUT2D eigenvalue weighted by atomic mass is 35.5. The summed E-state index contributed by atoms with van der Waals surface area (Å²) in [7, 11) is 1.69. The maximum Gasteiger partial charge on any atom is 0.242 e. The van der Waals surface area contributed by atoms with E-state index in [0.717, 1.165) is 26.1 Å². The fraction of sp³-hybridized carbons (Fsp3) is 0.286. The zero-order valence-electron chi connectivity index (χ0n) is 30.2. The molecule has 0 unspecified atom stereocenters. The molecular weight excluding hydrogens is 759 g/mol. The molecule has 6 atom stereocenters. The Hall–Kier alpha value is -5.10. The average molecular weight is 794 g/mol. The average Bonchev–Trinajstić information content (AvgIpc) is 3.83. The number of fused-ring (bicyclic) bond motifs is 5. The van der Waals surface area contributed by atoms with Gasteiger partial charge in [-0.3, -0.25) is 33.6 Å². The number of phenols is 1. The summed E-state index contributed by atoms with van der Waals surface area (Å²) >= 11 is 14.4. The first-order valence-electron chi connectivity index (χ1n) is 18.0. The van der Waals surface area contributed by atoms with Gasteiger partial charge in [-0.15, -0.1) is 11.3 Å². The number of carbonyl (C=O) groups excluding carboxylic acids is 5. The summed E-state index contributed by atoms with van der Waals surface area (Å²) in [4.78, 5) is 73.6. The van der Waals surface area contributed by atoms with E-state index in [2.05, 4.69) is 0 Å². The second-order valence-electron chi connectivity index (χ2n) is 15.2. The van der Waals surface area contributed by atoms with Crippen LogP contribution in [0.25, 0.3) is 20.7 Å². The molecule has 5 aromatic rings. The molecule has 1 N–H and O–H groups in total. The van der Waals surface area contributed by atoms with Crippen LogP contribution in [0.3, 0.4) is 0 Å². The summed E-state index contributed by atoms with van der Waals surface area (Å²) in [6.45, 7) is 5.19. The molecular formula is C42H34Cl2N4O6S. The molecule has 4 amide bonds. The van der Waals surface area contributed by atoms with Crippen LogP contribution in [0.1, 0.15) is 54.1 Å². The Balaban J connectivity index is 1.14. The van der Waals surface area contributed by atoms with Crippen LogP contribution in [0, 0.1) is 36.0 Å². The molecule has 4 heterocycles. The Bertz CT molecular complexity index is 2590. The molecule has 3 fully saturated rings. The third kappa shape index (κ3) is 5.05. The van der Waals surface area contributed by atoms with Crippen LogP contribution in [0.2, 0.25) is 10.0 Å². The van der Waals surface area contributed by atoms with E-state index in [-0.39, 0.29) is 30.3 Å². The van der Waals surface area contributed by atoms with Gasteiger partial charge in [-0.25, -0.2) is 4.90 Å². The van der Waals surface area contributed by atoms with E-state index < -0.39 is 52.7 Å². The van der Waals surface area contributed by atoms with Crippen molar-refractivity contribution in [1.82, 2.24) is 9.78 Å². The van der Waals surface area contributed by atoms with Crippen LogP contribution < -0.4 is 9.80 Å². The lowest BCUT2D eigenvalue weighted by Crippen LogP contribution is -2.49. The van der Waals surface area contributed by atoms with E-state index in [0.29, 0.717) is 38.4 Å². The van der Waals surface area contributed by atoms with Crippen molar-refractivity contribution in [2.45, 2.75) is 39.5 Å². The fourth-order valence-corrected chi connectivity index (χ4v) is 11.1. The van der Waals surface area contributed by atoms with E-state index in [9.17, 15) is 24.3 Å². The molecule has 2 aromatic heterocycles. The minimum Gasteiger partial charge on any atom is -0.508 e. The molecule has 0 spiro atoms. The van der Waals surface area contributed by atoms with Crippen molar-refractivity contribution in [2.24, 2.45) is 36.1 Å². The first-order chi connectivity index (χ1) is 26.2. The van der Waals surface area contributed by atoms with Crippen molar-refractivity contribution >= 4 is 85.5 Å². The van der Waals surface area contributed by atoms with Crippen molar-refractivity contribution in [3.05, 3.63) is 105 Å². The summed E-state index contributed by atoms with van der Waals surface area (Å²) in [6.07, 6.45) is 2.29. The third-order valence-corrected chi connectivity index (χ3v) is 14.1. The predicted octanol–water partition coefficient (Wildman–Crippen LogP) is 8.26. The van der Waals surface area contributed by atoms with E-state index in [4.69, 9.17) is 28.3 Å². The number of halogens is 2. The molecule has 2 saturated heterocycles. The number of hydrogen-bond donors (Lipinski definition) is 1. The number of amides is 4. The van der Waals surface area contributed by atoms with Crippen LogP contribution >= 0.6 is 34.5 Å². The van der Waals surface area contributed by atoms with Crippen LogP contribution in [0.15, 0.2) is 78.4 Å². The number of thiophene rings is 1. The lowest BCUT2D eigenvalue weighted by atomic mass is 9.51. The molecule has 4 aliphatic rings. The molecule has 2 aliphatic carbocycles. The number of Topliss-reactive ketones (excluding diaryl/α,β-unsaturated/α-hetero) is 1. The monoisotopic (exact) mass is 792 g/mol. The number of aryl methyl sites for hydroxylation is 2. The molecule has 2 aliphatic heterocycles. The molecule has 278 valence electrons. The molecule has 9 rings (SSSR count). The number of allylic oxidation sites excluding steroid dienone is 2. The van der Waals surface area contributed by atoms with E-state index in [1.165, 1.54) is 27.5 Å². The van der Waals surface area contributed by atoms with Crippen LogP contribution in [-0.4, -0.2) is 44.3 Å². The standard InChI is InChI=1S/C42H34Cl2N4O6S/c1-19-27-15-23(44)8-14-33(27)55-37(19)31-18-34(46(4)45-31)48-39(52)30-17-28-25(36(42(30,3)41(48)54)29-16-22(43)7-13-32(29)50)11-12-26-35(28)40(53)47(38(26)51)24-9-5-21(6-10-24)20(2)49/h5-11,13-16,18,26,28,30,35-36,50H,12,17H2,1-4H3/t26-,28+,30-,35-,36+,42+/m0/s1. The summed E-state index contributed by atoms with van der Waals surface area (Å²) in [5.41, 5.74) is 2.10. The molecule has 10 nitrogen and oxygen atoms in total. The Morgan fingerprint density at radius 3 is 2.35 bits per heavy atom. The summed E-state index contributed by atoms with van der Waals surface area (Å²) in [5, 5.41) is 18.1. The van der Waals surface area contributed by atoms with Gasteiger partial charge in [0.2, 0.25) is 23.6 Å². The van der Waals surface area contributed by atoms with Crippen LogP contribution in [-0.2, 0) is 26.2 Å². The second kappa shape index (κ2) is 12.5. The topological polar surface area (TPSA) is 130 Å². The number of nitrogens with zero attached hydrogens (tertiary/aromatic N) is 4. The number of anilines is 2. The molecule has 0 radical (unpaired) electrons. The number of aromatic hydroxyl groups is 1. The molecule has 3 aromatic carbocycles. The van der Waals surface area contributed by atoms with Gasteiger partial charge in [0.25, 0.3) is 0 Å². The number of rotatable bonds is 5. The van der Waals surface area contributed by atoms with Gasteiger partial charge in [0, 0.05) is 44.9 Å². The van der Waals surface area contributed by atoms with Crippen LogP contribution in [0.4, 0.5) is 11.5 Å². The number of benzene rings is 3. The molecule has 0 bridgehead atoms. The van der Waals surface area contributed by atoms with Crippen molar-refractivity contribution in [3.63, 3.8) is 0 Å². The Morgan fingerprint density at radius 1 is 0.909 bits per heavy atom. The van der Waals surface area contributed by atoms with E-state index in [1.54, 1.807) is 67.8 Å². The molecule has 13 heteroatoms. The van der Waals surface area contributed by atoms with Gasteiger partial charge in [-0.1, -0.05) is 34.9 Å². The van der Waals surface area contributed by atoms with Gasteiger partial charge < -0.3 is 5.11 Å². The Labute approximate surface area is 329 Å². The zero-order valence-corrected chi connectivity index (χ0v) is 32.5. The highest BCUT2D eigenvalue weighted by Crippen LogP contribution is 2.64. The van der Waals surface area contributed by atoms with E-state index >= 15 is 4.79 Å². The van der Waals surface area contributed by atoms with E-state index in [1.807, 2.05) is 31.2 Å². The van der Waals surface area contributed by atoms with Gasteiger partial charge >= 0.3 is 0 Å². The molecule has 55 heavy (non-hydrogen) atoms. The number of aromatic nitrogens is 2. The van der Waals surface area contributed by atoms with Gasteiger partial charge in [0.15, 0.2) is 5.78 Å². The maximum atomic E-state index is 15.1. The van der Waals surface area contributed by atoms with Gasteiger partial charge in [0.1, 0.15) is 17.3 Å². The summed E-state index contributed by atoms with van der Waals surface area (Å²) in [6, 6.07) is 18.4. The largest absolute Gasteiger partial charge is 0.508 e. The number of carbonyl (C=O) groups is 5. The molecule has 1 saturated carbocycles. The number of imide groups is 2. The SMILES string of the molecule is CC(=O)c1ccc(N2C(=O)[C@H]3[C@H](CC=C4[C@H]3C[C@H]3C(=O)N(c5cc(-c6sc7ccc(Cl)cc7c6C)nn5C)C(=O)[C@@]3(C)[C@H]4c3cc(Cl)ccc3O)C2=O)cc1. The Morgan fingerprint density at radius 2 is 1.62 bits per heavy atom. The highest BCUT2D eigenvalue weighted by Gasteiger charge is 2.68. The number of hydrogen-bond acceptors (Lipinski definition) is 8. The lowest BCUT2D eigenvalue weighted by molar-refractivity contribution is -0.131. The third-order valence-electron chi connectivity index (χ3n) is 12.3. The van der Waals surface area contributed by atoms with Gasteiger partial charge in [-0.05, 0) is 111 Å². The predicted molar refractivity (Wildman–Crippen MR) is 210 cm³/mol. The van der Waals surface area contributed by atoms with Crippen molar-refractivity contribution in [1.29, 1.82) is 0 Å². The smallest absolute Gasteiger partial charge is 0.242 e. The van der Waals surface area contributed by atoms with Crippen LogP contribution in [0.5, 0.6) is 5.75 Å². The zero-order chi connectivity index (χ0) is 38.8. The summed E-state index contributed by atoms with van der Waals surface area (Å²) < 4.78 is 2.56. The van der Waals surface area contributed by atoms with Gasteiger partial charge in [0.05, 0.1) is 33.7 Å². The minimum atomic E-state index is -1.39. The van der Waals surface area contributed by atoms with Crippen molar-refractivity contribution in [3.8, 4) is 16.3 Å². The first-order valence-corrected chi connectivity index (χ1v) is 19.6. The first kappa shape index (κ1) is 35.6. The van der Waals surface area contributed by atoms with Crippen molar-refractivity contribution in [2.75, 3.05) is 9.80 Å². The lowest BCUT2D eigenvalue weighted by Gasteiger charge is -2.49. The number of phenolic OH excluding ortho intramolecular Hbond substituents is 1. The normalized spacial score (nSPS) is 26.1. The van der Waals surface area contributed by atoms with Gasteiger partial charge in [-0.2, -0.15) is 5.10 Å². The van der Waals surface area contributed by atoms with Crippen molar-refractivity contribution < 1.29 is 29.1 Å². The fourth-order valence-electron chi connectivity index (χ4n) is 9.65. The minimum absolute atomic E-state index is 0.0964. The second-order valence-corrected chi connectivity index (χ2v) is 17.1. The Kier molecular flexibility index (Phi) is 8.06. The number of ketones is 1. The quantitative estimate of drug-likeness (QED) is 0.108.